The van der Waals surface area contributed by atoms with Crippen molar-refractivity contribution in [3.05, 3.63) is 35.4 Å². The molecule has 1 aromatic rings. The van der Waals surface area contributed by atoms with Crippen LogP contribution in [0.15, 0.2) is 24.3 Å². The summed E-state index contributed by atoms with van der Waals surface area (Å²) in [6, 6.07) is 8.21. The molecular formula is C15H22ClNO. The topological polar surface area (TPSA) is 29.1 Å². The molecule has 0 saturated carbocycles. The highest BCUT2D eigenvalue weighted by atomic mass is 35.5. The van der Waals surface area contributed by atoms with E-state index >= 15 is 0 Å². The van der Waals surface area contributed by atoms with Gasteiger partial charge in [-0.3, -0.25) is 4.79 Å². The van der Waals surface area contributed by atoms with Crippen molar-refractivity contribution in [1.82, 2.24) is 5.32 Å². The van der Waals surface area contributed by atoms with Crippen LogP contribution in [0.4, 0.5) is 0 Å². The Morgan fingerprint density at radius 2 is 2.00 bits per heavy atom. The van der Waals surface area contributed by atoms with E-state index in [1.54, 1.807) is 0 Å². The van der Waals surface area contributed by atoms with Gasteiger partial charge in [-0.1, -0.05) is 30.7 Å². The first kappa shape index (κ1) is 15.0. The summed E-state index contributed by atoms with van der Waals surface area (Å²) in [5, 5.41) is 2.95. The van der Waals surface area contributed by atoms with Gasteiger partial charge in [0.05, 0.1) is 0 Å². The number of unbranched alkanes of at least 4 members (excludes halogenated alkanes) is 2. The number of nitrogens with one attached hydrogen (secondary N) is 1. The van der Waals surface area contributed by atoms with Crippen LogP contribution in [0, 0.1) is 6.92 Å². The van der Waals surface area contributed by atoms with E-state index in [2.05, 4.69) is 24.4 Å². The second-order valence-corrected chi connectivity index (χ2v) is 4.90. The third kappa shape index (κ3) is 6.06. The fourth-order valence-corrected chi connectivity index (χ4v) is 2.04. The van der Waals surface area contributed by atoms with Crippen LogP contribution in [-0.2, 0) is 11.2 Å². The highest BCUT2D eigenvalue weighted by Gasteiger charge is 2.03. The first-order valence-corrected chi connectivity index (χ1v) is 7.14. The normalized spacial score (nSPS) is 10.3. The zero-order valence-electron chi connectivity index (χ0n) is 11.0. The van der Waals surface area contributed by atoms with Crippen LogP contribution < -0.4 is 5.32 Å². The number of carbonyl (C=O) groups excluding carboxylic acids is 1. The molecule has 1 N–H and O–H groups in total. The van der Waals surface area contributed by atoms with E-state index in [0.717, 1.165) is 32.2 Å². The van der Waals surface area contributed by atoms with Crippen molar-refractivity contribution in [2.75, 3.05) is 12.4 Å². The Balaban J connectivity index is 2.15. The standard InChI is InChI=1S/C15H22ClNO/c1-13-7-3-4-8-14(13)9-10-15(18)17-12-6-2-5-11-16/h3-4,7-8H,2,5-6,9-12H2,1H3,(H,17,18). The van der Waals surface area contributed by atoms with E-state index in [1.165, 1.54) is 11.1 Å². The Kier molecular flexibility index (Phi) is 7.51. The Bertz CT molecular complexity index is 365. The van der Waals surface area contributed by atoms with Gasteiger partial charge in [-0.25, -0.2) is 0 Å². The average Bonchev–Trinajstić information content (AvgIpc) is 2.37. The maximum atomic E-state index is 11.6. The van der Waals surface area contributed by atoms with Crippen molar-refractivity contribution in [2.45, 2.75) is 39.0 Å². The number of benzene rings is 1. The number of rotatable bonds is 8. The number of alkyl halides is 1. The van der Waals surface area contributed by atoms with Crippen molar-refractivity contribution in [3.63, 3.8) is 0 Å². The van der Waals surface area contributed by atoms with Crippen LogP contribution in [-0.4, -0.2) is 18.3 Å². The highest BCUT2D eigenvalue weighted by Crippen LogP contribution is 2.09. The van der Waals surface area contributed by atoms with Gasteiger partial charge in [0.1, 0.15) is 0 Å². The summed E-state index contributed by atoms with van der Waals surface area (Å²) in [7, 11) is 0. The largest absolute Gasteiger partial charge is 0.356 e. The summed E-state index contributed by atoms with van der Waals surface area (Å²) in [5.41, 5.74) is 2.52. The summed E-state index contributed by atoms with van der Waals surface area (Å²) in [4.78, 5) is 11.6. The molecule has 0 heterocycles. The minimum absolute atomic E-state index is 0.143. The lowest BCUT2D eigenvalue weighted by molar-refractivity contribution is -0.121. The summed E-state index contributed by atoms with van der Waals surface area (Å²) in [6.45, 7) is 2.85. The third-order valence-electron chi connectivity index (χ3n) is 3.02. The zero-order chi connectivity index (χ0) is 13.2. The third-order valence-corrected chi connectivity index (χ3v) is 3.28. The summed E-state index contributed by atoms with van der Waals surface area (Å²) >= 11 is 5.59. The molecule has 18 heavy (non-hydrogen) atoms. The van der Waals surface area contributed by atoms with Crippen LogP contribution in [0.5, 0.6) is 0 Å². The van der Waals surface area contributed by atoms with E-state index < -0.39 is 0 Å². The molecule has 100 valence electrons. The molecule has 0 aliphatic rings. The molecule has 2 nitrogen and oxygen atoms in total. The number of amides is 1. The summed E-state index contributed by atoms with van der Waals surface area (Å²) in [5.74, 6) is 0.852. The monoisotopic (exact) mass is 267 g/mol. The highest BCUT2D eigenvalue weighted by molar-refractivity contribution is 6.17. The predicted molar refractivity (Wildman–Crippen MR) is 77.1 cm³/mol. The van der Waals surface area contributed by atoms with Gasteiger partial charge < -0.3 is 5.32 Å². The van der Waals surface area contributed by atoms with Crippen LogP contribution in [0.3, 0.4) is 0 Å². The average molecular weight is 268 g/mol. The molecule has 1 aromatic carbocycles. The molecule has 0 spiro atoms. The van der Waals surface area contributed by atoms with Crippen molar-refractivity contribution < 1.29 is 4.79 Å². The maximum Gasteiger partial charge on any atom is 0.220 e. The lowest BCUT2D eigenvalue weighted by Crippen LogP contribution is -2.24. The van der Waals surface area contributed by atoms with Crippen molar-refractivity contribution in [2.24, 2.45) is 0 Å². The number of aryl methyl sites for hydroxylation is 2. The fraction of sp³-hybridized carbons (Fsp3) is 0.533. The van der Waals surface area contributed by atoms with E-state index in [0.29, 0.717) is 12.3 Å². The second-order valence-electron chi connectivity index (χ2n) is 4.53. The number of hydrogen-bond donors (Lipinski definition) is 1. The van der Waals surface area contributed by atoms with Gasteiger partial charge in [0.15, 0.2) is 0 Å². The maximum absolute atomic E-state index is 11.6. The molecule has 0 aromatic heterocycles. The lowest BCUT2D eigenvalue weighted by atomic mass is 10.0. The molecule has 0 radical (unpaired) electrons. The van der Waals surface area contributed by atoms with Gasteiger partial charge in [-0.15, -0.1) is 11.6 Å². The van der Waals surface area contributed by atoms with Gasteiger partial charge in [-0.2, -0.15) is 0 Å². The van der Waals surface area contributed by atoms with Crippen LogP contribution in [0.25, 0.3) is 0 Å². The molecule has 0 aliphatic carbocycles. The number of carbonyl (C=O) groups is 1. The fourth-order valence-electron chi connectivity index (χ4n) is 1.85. The first-order valence-electron chi connectivity index (χ1n) is 6.61. The number of halogens is 1. The molecule has 0 aliphatic heterocycles. The molecule has 1 rings (SSSR count). The van der Waals surface area contributed by atoms with Crippen LogP contribution >= 0.6 is 11.6 Å². The van der Waals surface area contributed by atoms with Gasteiger partial charge in [-0.05, 0) is 37.3 Å². The molecule has 0 fully saturated rings. The van der Waals surface area contributed by atoms with Crippen LogP contribution in [0.2, 0.25) is 0 Å². The smallest absolute Gasteiger partial charge is 0.220 e. The van der Waals surface area contributed by atoms with Gasteiger partial charge in [0, 0.05) is 18.8 Å². The van der Waals surface area contributed by atoms with Gasteiger partial charge in [0.2, 0.25) is 5.91 Å². The van der Waals surface area contributed by atoms with E-state index in [9.17, 15) is 4.79 Å². The van der Waals surface area contributed by atoms with Crippen molar-refractivity contribution in [1.29, 1.82) is 0 Å². The first-order chi connectivity index (χ1) is 8.74. The molecule has 1 amide bonds. The lowest BCUT2D eigenvalue weighted by Gasteiger charge is -2.06. The molecule has 0 unspecified atom stereocenters. The van der Waals surface area contributed by atoms with Gasteiger partial charge >= 0.3 is 0 Å². The molecule has 3 heteroatoms. The summed E-state index contributed by atoms with van der Waals surface area (Å²) < 4.78 is 0. The SMILES string of the molecule is Cc1ccccc1CCC(=O)NCCCCCCl. The molecular weight excluding hydrogens is 246 g/mol. The molecule has 0 atom stereocenters. The van der Waals surface area contributed by atoms with Gasteiger partial charge in [0.25, 0.3) is 0 Å². The molecule has 0 saturated heterocycles. The minimum Gasteiger partial charge on any atom is -0.356 e. The predicted octanol–water partition coefficient (Wildman–Crippen LogP) is 3.45. The Hall–Kier alpha value is -1.02. The zero-order valence-corrected chi connectivity index (χ0v) is 11.8. The van der Waals surface area contributed by atoms with Crippen molar-refractivity contribution in [3.8, 4) is 0 Å². The molecule has 0 bridgehead atoms. The number of hydrogen-bond acceptors (Lipinski definition) is 1. The van der Waals surface area contributed by atoms with Crippen LogP contribution in [0.1, 0.15) is 36.8 Å². The summed E-state index contributed by atoms with van der Waals surface area (Å²) in [6.07, 6.45) is 4.52. The quantitative estimate of drug-likeness (QED) is 0.567. The Labute approximate surface area is 115 Å². The minimum atomic E-state index is 0.143. The van der Waals surface area contributed by atoms with E-state index in [-0.39, 0.29) is 5.91 Å². The van der Waals surface area contributed by atoms with E-state index in [1.807, 2.05) is 12.1 Å². The Morgan fingerprint density at radius 1 is 1.22 bits per heavy atom. The second kappa shape index (κ2) is 8.98. The van der Waals surface area contributed by atoms with Crippen molar-refractivity contribution >= 4 is 17.5 Å². The Morgan fingerprint density at radius 3 is 2.72 bits per heavy atom. The van der Waals surface area contributed by atoms with E-state index in [4.69, 9.17) is 11.6 Å².